The van der Waals surface area contributed by atoms with Gasteiger partial charge in [0.15, 0.2) is 0 Å². The molecule has 0 saturated carbocycles. The highest BCUT2D eigenvalue weighted by molar-refractivity contribution is 7.99. The largest absolute Gasteiger partial charge is 0.508 e. The normalized spacial score (nSPS) is 13.0. The van der Waals surface area contributed by atoms with Crippen LogP contribution in [0.5, 0.6) is 5.75 Å². The Bertz CT molecular complexity index is 727. The number of carboxylic acid groups (broad SMARTS) is 1. The summed E-state index contributed by atoms with van der Waals surface area (Å²) < 4.78 is 5.55. The van der Waals surface area contributed by atoms with Crippen LogP contribution in [0.15, 0.2) is 27.8 Å². The predicted octanol–water partition coefficient (Wildman–Crippen LogP) is 4.32. The van der Waals surface area contributed by atoms with Gasteiger partial charge < -0.3 is 14.6 Å². The average molecular weight is 371 g/mol. The molecule has 24 heavy (non-hydrogen) atoms. The lowest BCUT2D eigenvalue weighted by Crippen LogP contribution is -2.28. The molecule has 0 radical (unpaired) electrons. The van der Waals surface area contributed by atoms with E-state index in [1.54, 1.807) is 6.07 Å². The molecule has 1 aromatic heterocycles. The highest BCUT2D eigenvalue weighted by atomic mass is 35.5. The number of phenolic OH excluding ortho intramolecular Hbond substituents is 1. The maximum absolute atomic E-state index is 11.3. The molecule has 1 heterocycles. The first kappa shape index (κ1) is 18.6. The molecule has 2 rings (SSSR count). The van der Waals surface area contributed by atoms with Gasteiger partial charge in [-0.3, -0.25) is 4.79 Å². The first-order valence-corrected chi connectivity index (χ1v) is 8.73. The van der Waals surface area contributed by atoms with Crippen molar-refractivity contribution >= 4 is 29.3 Å². The van der Waals surface area contributed by atoms with E-state index in [2.05, 4.69) is 10.2 Å². The summed E-state index contributed by atoms with van der Waals surface area (Å²) in [4.78, 5) is 11.3. The first-order valence-electron chi connectivity index (χ1n) is 7.36. The van der Waals surface area contributed by atoms with Gasteiger partial charge >= 0.3 is 5.97 Å². The van der Waals surface area contributed by atoms with Crippen molar-refractivity contribution in [2.45, 2.75) is 32.4 Å². The molecule has 0 fully saturated rings. The van der Waals surface area contributed by atoms with E-state index in [-0.39, 0.29) is 17.1 Å². The molecule has 0 saturated heterocycles. The van der Waals surface area contributed by atoms with Crippen molar-refractivity contribution in [3.05, 3.63) is 23.2 Å². The molecule has 0 aliphatic carbocycles. The Hall–Kier alpha value is -1.73. The van der Waals surface area contributed by atoms with Gasteiger partial charge in [0.2, 0.25) is 5.89 Å². The SMILES string of the molecule is CC(C)(C)C(CCSc1nnc(-c2ccc(O)cc2Cl)o1)C(=O)O. The molecule has 0 aliphatic heterocycles. The van der Waals surface area contributed by atoms with E-state index in [4.69, 9.17) is 16.0 Å². The van der Waals surface area contributed by atoms with Crippen molar-refractivity contribution < 1.29 is 19.4 Å². The number of thioether (sulfide) groups is 1. The number of aromatic nitrogens is 2. The standard InChI is InChI=1S/C16H19ClN2O4S/c1-16(2,3)11(14(21)22)6-7-24-15-19-18-13(23-15)10-5-4-9(20)8-12(10)17/h4-5,8,11,20H,6-7H2,1-3H3,(H,21,22). The first-order chi connectivity index (χ1) is 11.2. The van der Waals surface area contributed by atoms with Crippen LogP contribution in [0.3, 0.4) is 0 Å². The molecule has 2 aromatic rings. The van der Waals surface area contributed by atoms with Crippen LogP contribution >= 0.6 is 23.4 Å². The van der Waals surface area contributed by atoms with Crippen molar-refractivity contribution in [1.82, 2.24) is 10.2 Å². The molecule has 1 atom stereocenters. The lowest BCUT2D eigenvalue weighted by molar-refractivity contribution is -0.145. The molecular formula is C16H19ClN2O4S. The third-order valence-corrected chi connectivity index (χ3v) is 4.73. The zero-order valence-electron chi connectivity index (χ0n) is 13.6. The Morgan fingerprint density at radius 1 is 1.38 bits per heavy atom. The molecule has 130 valence electrons. The number of carboxylic acids is 1. The van der Waals surface area contributed by atoms with Gasteiger partial charge in [0.1, 0.15) is 5.75 Å². The summed E-state index contributed by atoms with van der Waals surface area (Å²) >= 11 is 7.36. The zero-order valence-corrected chi connectivity index (χ0v) is 15.2. The van der Waals surface area contributed by atoms with E-state index in [0.717, 1.165) is 0 Å². The maximum Gasteiger partial charge on any atom is 0.307 e. The quantitative estimate of drug-likeness (QED) is 0.730. The number of benzene rings is 1. The van der Waals surface area contributed by atoms with Crippen LogP contribution in [0.4, 0.5) is 0 Å². The summed E-state index contributed by atoms with van der Waals surface area (Å²) in [5, 5.41) is 27.2. The second-order valence-electron chi connectivity index (χ2n) is 6.43. The zero-order chi connectivity index (χ0) is 17.9. The monoisotopic (exact) mass is 370 g/mol. The fourth-order valence-electron chi connectivity index (χ4n) is 2.25. The van der Waals surface area contributed by atoms with Crippen molar-refractivity contribution in [2.75, 3.05) is 5.75 Å². The van der Waals surface area contributed by atoms with Gasteiger partial charge in [-0.1, -0.05) is 44.1 Å². The van der Waals surface area contributed by atoms with E-state index in [1.807, 2.05) is 20.8 Å². The van der Waals surface area contributed by atoms with Gasteiger partial charge in [-0.25, -0.2) is 0 Å². The van der Waals surface area contributed by atoms with E-state index in [9.17, 15) is 15.0 Å². The number of aliphatic carboxylic acids is 1. The summed E-state index contributed by atoms with van der Waals surface area (Å²) in [7, 11) is 0. The fourth-order valence-corrected chi connectivity index (χ4v) is 3.27. The number of rotatable bonds is 6. The van der Waals surface area contributed by atoms with Gasteiger partial charge in [0.05, 0.1) is 16.5 Å². The number of halogens is 1. The van der Waals surface area contributed by atoms with Crippen LogP contribution in [0.1, 0.15) is 27.2 Å². The smallest absolute Gasteiger partial charge is 0.307 e. The Labute approximate surface area is 149 Å². The van der Waals surface area contributed by atoms with Crippen molar-refractivity contribution in [3.8, 4) is 17.2 Å². The molecule has 1 aromatic carbocycles. The minimum absolute atomic E-state index is 0.0553. The lowest BCUT2D eigenvalue weighted by atomic mass is 9.79. The summed E-state index contributed by atoms with van der Waals surface area (Å²) in [6.45, 7) is 5.73. The molecular weight excluding hydrogens is 352 g/mol. The van der Waals surface area contributed by atoms with Crippen LogP contribution in [0.25, 0.3) is 11.5 Å². The Morgan fingerprint density at radius 3 is 2.67 bits per heavy atom. The Kier molecular flexibility index (Phi) is 5.77. The number of phenols is 1. The summed E-state index contributed by atoms with van der Waals surface area (Å²) in [6.07, 6.45) is 0.501. The Morgan fingerprint density at radius 2 is 2.08 bits per heavy atom. The van der Waals surface area contributed by atoms with Crippen molar-refractivity contribution in [2.24, 2.45) is 11.3 Å². The maximum atomic E-state index is 11.3. The topological polar surface area (TPSA) is 96.5 Å². The number of hydrogen-bond donors (Lipinski definition) is 2. The number of hydrogen-bond acceptors (Lipinski definition) is 6. The molecule has 0 bridgehead atoms. The van der Waals surface area contributed by atoms with Gasteiger partial charge in [-0.2, -0.15) is 0 Å². The molecule has 8 heteroatoms. The van der Waals surface area contributed by atoms with Gasteiger partial charge in [-0.05, 0) is 30.0 Å². The third kappa shape index (κ3) is 4.64. The predicted molar refractivity (Wildman–Crippen MR) is 92.3 cm³/mol. The van der Waals surface area contributed by atoms with E-state index >= 15 is 0 Å². The van der Waals surface area contributed by atoms with Crippen LogP contribution < -0.4 is 0 Å². The Balaban J connectivity index is 2.00. The van der Waals surface area contributed by atoms with Crippen molar-refractivity contribution in [3.63, 3.8) is 0 Å². The summed E-state index contributed by atoms with van der Waals surface area (Å²) in [6, 6.07) is 4.48. The minimum Gasteiger partial charge on any atom is -0.508 e. The fraction of sp³-hybridized carbons (Fsp3) is 0.438. The van der Waals surface area contributed by atoms with E-state index < -0.39 is 11.9 Å². The molecule has 0 spiro atoms. The lowest BCUT2D eigenvalue weighted by Gasteiger charge is -2.26. The molecule has 0 aliphatic rings. The molecule has 0 amide bonds. The number of aromatic hydroxyl groups is 1. The van der Waals surface area contributed by atoms with Crippen LogP contribution in [0.2, 0.25) is 5.02 Å². The molecule has 1 unspecified atom stereocenters. The second-order valence-corrected chi connectivity index (χ2v) is 7.88. The van der Waals surface area contributed by atoms with Gasteiger partial charge in [0.25, 0.3) is 5.22 Å². The third-order valence-electron chi connectivity index (χ3n) is 3.57. The minimum atomic E-state index is -0.801. The highest BCUT2D eigenvalue weighted by Gasteiger charge is 2.30. The van der Waals surface area contributed by atoms with Crippen molar-refractivity contribution in [1.29, 1.82) is 0 Å². The highest BCUT2D eigenvalue weighted by Crippen LogP contribution is 2.33. The van der Waals surface area contributed by atoms with Crippen LogP contribution in [-0.4, -0.2) is 32.1 Å². The summed E-state index contributed by atoms with van der Waals surface area (Å²) in [5.41, 5.74) is 0.221. The van der Waals surface area contributed by atoms with E-state index in [0.29, 0.717) is 28.0 Å². The molecule has 6 nitrogen and oxygen atoms in total. The average Bonchev–Trinajstić information content (AvgIpc) is 2.90. The van der Waals surface area contributed by atoms with Gasteiger partial charge in [0, 0.05) is 5.75 Å². The number of nitrogens with zero attached hydrogens (tertiary/aromatic N) is 2. The second kappa shape index (κ2) is 7.44. The summed E-state index contributed by atoms with van der Waals surface area (Å²) in [5.74, 6) is -0.379. The molecule has 2 N–H and O–H groups in total. The van der Waals surface area contributed by atoms with Gasteiger partial charge in [-0.15, -0.1) is 10.2 Å². The van der Waals surface area contributed by atoms with Crippen LogP contribution in [-0.2, 0) is 4.79 Å². The number of carbonyl (C=O) groups is 1. The van der Waals surface area contributed by atoms with E-state index in [1.165, 1.54) is 23.9 Å². The van der Waals surface area contributed by atoms with Crippen LogP contribution in [0, 0.1) is 11.3 Å².